The molecule has 160 valence electrons. The van der Waals surface area contributed by atoms with Gasteiger partial charge in [-0.25, -0.2) is 0 Å². The quantitative estimate of drug-likeness (QED) is 0.533. The van der Waals surface area contributed by atoms with Crippen molar-refractivity contribution in [3.05, 3.63) is 90.0 Å². The van der Waals surface area contributed by atoms with Crippen molar-refractivity contribution in [2.24, 2.45) is 0 Å². The van der Waals surface area contributed by atoms with Gasteiger partial charge in [-0.05, 0) is 43.7 Å². The van der Waals surface area contributed by atoms with Crippen LogP contribution in [0.3, 0.4) is 0 Å². The number of hydrogen-bond donors (Lipinski definition) is 2. The minimum atomic E-state index is -0.373. The van der Waals surface area contributed by atoms with Gasteiger partial charge in [0.1, 0.15) is 0 Å². The average molecular weight is 418 g/mol. The van der Waals surface area contributed by atoms with E-state index >= 15 is 0 Å². The molecule has 1 atom stereocenters. The summed E-state index contributed by atoms with van der Waals surface area (Å²) in [5.74, 6) is 0.423. The number of rotatable bonds is 9. The molecule has 0 aliphatic heterocycles. The maximum absolute atomic E-state index is 12.8. The number of carbonyl (C=O) groups is 2. The number of nitrogens with one attached hydrogen (secondary N) is 2. The first-order chi connectivity index (χ1) is 15.1. The number of amides is 2. The first kappa shape index (κ1) is 21.9. The Kier molecular flexibility index (Phi) is 7.65. The molecule has 31 heavy (non-hydrogen) atoms. The summed E-state index contributed by atoms with van der Waals surface area (Å²) < 4.78 is 11.1. The largest absolute Gasteiger partial charge is 0.490 e. The summed E-state index contributed by atoms with van der Waals surface area (Å²) in [6.45, 7) is 4.08. The molecule has 0 saturated carbocycles. The third-order valence-corrected chi connectivity index (χ3v) is 4.60. The molecule has 6 nitrogen and oxygen atoms in total. The lowest BCUT2D eigenvalue weighted by Crippen LogP contribution is -2.28. The van der Waals surface area contributed by atoms with Gasteiger partial charge in [-0.1, -0.05) is 54.6 Å². The van der Waals surface area contributed by atoms with E-state index in [2.05, 4.69) is 10.6 Å². The number of hydrogen-bond acceptors (Lipinski definition) is 4. The van der Waals surface area contributed by atoms with Gasteiger partial charge < -0.3 is 20.1 Å². The number of anilines is 1. The summed E-state index contributed by atoms with van der Waals surface area (Å²) in [5.41, 5.74) is 1.80. The lowest BCUT2D eigenvalue weighted by atomic mass is 10.1. The summed E-state index contributed by atoms with van der Waals surface area (Å²) in [4.78, 5) is 25.3. The molecule has 0 saturated heterocycles. The Bertz CT molecular complexity index is 1020. The maximum Gasteiger partial charge on any atom is 0.262 e. The minimum Gasteiger partial charge on any atom is -0.490 e. The van der Waals surface area contributed by atoms with Gasteiger partial charge in [-0.3, -0.25) is 9.59 Å². The Balaban J connectivity index is 1.63. The third-order valence-electron chi connectivity index (χ3n) is 4.60. The van der Waals surface area contributed by atoms with Crippen molar-refractivity contribution >= 4 is 17.5 Å². The Morgan fingerprint density at radius 1 is 0.839 bits per heavy atom. The molecule has 0 aliphatic rings. The van der Waals surface area contributed by atoms with E-state index in [4.69, 9.17) is 9.47 Å². The van der Waals surface area contributed by atoms with Gasteiger partial charge in [0.15, 0.2) is 18.1 Å². The first-order valence-electron chi connectivity index (χ1n) is 10.2. The summed E-state index contributed by atoms with van der Waals surface area (Å²) in [6, 6.07) is 23.6. The standard InChI is InChI=1S/C25H26N2O4/c1-3-30-22-15-9-10-16-23(22)31-17-24(28)27-21-14-8-7-13-20(21)25(29)26-18(2)19-11-5-4-6-12-19/h4-16,18H,3,17H2,1-2H3,(H,26,29)(H,27,28)/t18-/m0/s1. The highest BCUT2D eigenvalue weighted by Gasteiger charge is 2.16. The van der Waals surface area contributed by atoms with Crippen LogP contribution in [0.15, 0.2) is 78.9 Å². The second kappa shape index (κ2) is 10.8. The van der Waals surface area contributed by atoms with Crippen LogP contribution in [-0.4, -0.2) is 25.0 Å². The van der Waals surface area contributed by atoms with Gasteiger partial charge in [-0.15, -0.1) is 0 Å². The zero-order valence-electron chi connectivity index (χ0n) is 17.6. The van der Waals surface area contributed by atoms with Crippen molar-refractivity contribution in [3.63, 3.8) is 0 Å². The van der Waals surface area contributed by atoms with E-state index in [1.807, 2.05) is 56.3 Å². The van der Waals surface area contributed by atoms with Crippen molar-refractivity contribution in [1.82, 2.24) is 5.32 Å². The summed E-state index contributed by atoms with van der Waals surface area (Å²) in [6.07, 6.45) is 0. The van der Waals surface area contributed by atoms with Crippen molar-refractivity contribution in [3.8, 4) is 11.5 Å². The van der Waals surface area contributed by atoms with E-state index in [1.165, 1.54) is 0 Å². The van der Waals surface area contributed by atoms with Crippen LogP contribution >= 0.6 is 0 Å². The highest BCUT2D eigenvalue weighted by molar-refractivity contribution is 6.04. The van der Waals surface area contributed by atoms with Crippen LogP contribution in [0.5, 0.6) is 11.5 Å². The third kappa shape index (κ3) is 6.09. The minimum absolute atomic E-state index is 0.171. The summed E-state index contributed by atoms with van der Waals surface area (Å²) in [7, 11) is 0. The Labute approximate surface area is 182 Å². The SMILES string of the molecule is CCOc1ccccc1OCC(=O)Nc1ccccc1C(=O)N[C@@H](C)c1ccccc1. The Morgan fingerprint density at radius 3 is 2.16 bits per heavy atom. The van der Waals surface area contributed by atoms with E-state index < -0.39 is 0 Å². The molecule has 2 N–H and O–H groups in total. The van der Waals surface area contributed by atoms with Crippen LogP contribution in [0.4, 0.5) is 5.69 Å². The van der Waals surface area contributed by atoms with Crippen molar-refractivity contribution < 1.29 is 19.1 Å². The fourth-order valence-corrected chi connectivity index (χ4v) is 3.06. The van der Waals surface area contributed by atoms with Crippen molar-refractivity contribution in [1.29, 1.82) is 0 Å². The van der Waals surface area contributed by atoms with Crippen LogP contribution in [0.25, 0.3) is 0 Å². The first-order valence-corrected chi connectivity index (χ1v) is 10.2. The van der Waals surface area contributed by atoms with Crippen LogP contribution in [-0.2, 0) is 4.79 Å². The fourth-order valence-electron chi connectivity index (χ4n) is 3.06. The van der Waals surface area contributed by atoms with Crippen LogP contribution in [0.2, 0.25) is 0 Å². The maximum atomic E-state index is 12.8. The predicted octanol–water partition coefficient (Wildman–Crippen LogP) is 4.59. The van der Waals surface area contributed by atoms with E-state index in [1.54, 1.807) is 36.4 Å². The van der Waals surface area contributed by atoms with Gasteiger partial charge in [-0.2, -0.15) is 0 Å². The van der Waals surface area contributed by atoms with Gasteiger partial charge in [0, 0.05) is 0 Å². The van der Waals surface area contributed by atoms with Crippen molar-refractivity contribution in [2.45, 2.75) is 19.9 Å². The van der Waals surface area contributed by atoms with E-state index in [0.717, 1.165) is 5.56 Å². The summed E-state index contributed by atoms with van der Waals surface area (Å²) >= 11 is 0. The van der Waals surface area contributed by atoms with E-state index in [-0.39, 0.29) is 24.5 Å². The number of benzene rings is 3. The molecule has 0 bridgehead atoms. The van der Waals surface area contributed by atoms with Gasteiger partial charge in [0.2, 0.25) is 0 Å². The van der Waals surface area contributed by atoms with Gasteiger partial charge in [0.05, 0.1) is 23.9 Å². The number of carbonyl (C=O) groups excluding carboxylic acids is 2. The molecule has 2 amide bonds. The molecular formula is C25H26N2O4. The molecule has 3 aromatic rings. The molecule has 3 aromatic carbocycles. The fraction of sp³-hybridized carbons (Fsp3) is 0.200. The molecule has 6 heteroatoms. The van der Waals surface area contributed by atoms with Gasteiger partial charge >= 0.3 is 0 Å². The highest BCUT2D eigenvalue weighted by Crippen LogP contribution is 2.26. The normalized spacial score (nSPS) is 11.3. The molecule has 0 radical (unpaired) electrons. The van der Waals surface area contributed by atoms with Crippen LogP contribution in [0.1, 0.15) is 35.8 Å². The second-order valence-electron chi connectivity index (χ2n) is 6.87. The number of para-hydroxylation sites is 3. The van der Waals surface area contributed by atoms with E-state index in [0.29, 0.717) is 29.4 Å². The van der Waals surface area contributed by atoms with Crippen LogP contribution in [0, 0.1) is 0 Å². The molecule has 3 rings (SSSR count). The lowest BCUT2D eigenvalue weighted by molar-refractivity contribution is -0.118. The Morgan fingerprint density at radius 2 is 1.45 bits per heavy atom. The van der Waals surface area contributed by atoms with Gasteiger partial charge in [0.25, 0.3) is 11.8 Å². The Hall–Kier alpha value is -3.80. The topological polar surface area (TPSA) is 76.7 Å². The molecule has 0 unspecified atom stereocenters. The zero-order valence-corrected chi connectivity index (χ0v) is 17.6. The molecule has 0 fully saturated rings. The molecule has 0 aromatic heterocycles. The smallest absolute Gasteiger partial charge is 0.262 e. The zero-order chi connectivity index (χ0) is 22.1. The number of ether oxygens (including phenoxy) is 2. The second-order valence-corrected chi connectivity index (χ2v) is 6.87. The average Bonchev–Trinajstić information content (AvgIpc) is 2.79. The molecule has 0 aliphatic carbocycles. The lowest BCUT2D eigenvalue weighted by Gasteiger charge is -2.16. The predicted molar refractivity (Wildman–Crippen MR) is 121 cm³/mol. The van der Waals surface area contributed by atoms with E-state index in [9.17, 15) is 9.59 Å². The monoisotopic (exact) mass is 418 g/mol. The molecular weight excluding hydrogens is 392 g/mol. The molecule has 0 spiro atoms. The van der Waals surface area contributed by atoms with Crippen LogP contribution < -0.4 is 20.1 Å². The summed E-state index contributed by atoms with van der Waals surface area (Å²) in [5, 5.41) is 5.73. The van der Waals surface area contributed by atoms with Crippen molar-refractivity contribution in [2.75, 3.05) is 18.5 Å². The molecule has 0 heterocycles. The highest BCUT2D eigenvalue weighted by atomic mass is 16.5.